The van der Waals surface area contributed by atoms with E-state index in [-0.39, 0.29) is 6.42 Å². The Balaban J connectivity index is 0.000000144. The Labute approximate surface area is 55.9 Å². The molecule has 0 aromatic rings. The van der Waals surface area contributed by atoms with E-state index in [9.17, 15) is 4.79 Å². The van der Waals surface area contributed by atoms with Gasteiger partial charge in [-0.15, -0.1) is 0 Å². The average molecular weight is 130 g/mol. The third-order valence-corrected chi connectivity index (χ3v) is 1.30. The molecule has 1 aliphatic rings. The molecule has 0 saturated heterocycles. The van der Waals surface area contributed by atoms with E-state index in [1.807, 2.05) is 0 Å². The molecule has 2 heteroatoms. The number of carboxylic acid groups (broad SMARTS) is 1. The lowest BCUT2D eigenvalue weighted by molar-refractivity contribution is -0.136. The molecule has 0 spiro atoms. The quantitative estimate of drug-likeness (QED) is 0.589. The highest BCUT2D eigenvalue weighted by Crippen LogP contribution is 2.15. The molecule has 1 N–H and O–H groups in total. The largest absolute Gasteiger partial charge is 0.481 e. The van der Waals surface area contributed by atoms with Gasteiger partial charge in [-0.1, -0.05) is 32.6 Å². The van der Waals surface area contributed by atoms with Crippen LogP contribution in [0.4, 0.5) is 0 Å². The summed E-state index contributed by atoms with van der Waals surface area (Å²) in [6.07, 6.45) is 6.22. The van der Waals surface area contributed by atoms with Crippen LogP contribution in [0.3, 0.4) is 0 Å². The molecule has 0 radical (unpaired) electrons. The second-order valence-electron chi connectivity index (χ2n) is 2.16. The average Bonchev–Trinajstić information content (AvgIpc) is 1.61. The van der Waals surface area contributed by atoms with Crippen molar-refractivity contribution in [2.45, 2.75) is 39.0 Å². The van der Waals surface area contributed by atoms with Gasteiger partial charge in [-0.25, -0.2) is 0 Å². The molecule has 0 heterocycles. The zero-order valence-corrected chi connectivity index (χ0v) is 5.89. The van der Waals surface area contributed by atoms with Crippen molar-refractivity contribution in [1.29, 1.82) is 0 Å². The van der Waals surface area contributed by atoms with Gasteiger partial charge >= 0.3 is 5.97 Å². The Morgan fingerprint density at radius 3 is 1.56 bits per heavy atom. The van der Waals surface area contributed by atoms with Crippen molar-refractivity contribution in [1.82, 2.24) is 0 Å². The van der Waals surface area contributed by atoms with E-state index in [0.717, 1.165) is 0 Å². The first-order chi connectivity index (χ1) is 4.27. The van der Waals surface area contributed by atoms with Gasteiger partial charge in [-0.3, -0.25) is 4.79 Å². The Kier molecular flexibility index (Phi) is 5.27. The Morgan fingerprint density at radius 2 is 1.56 bits per heavy atom. The molecule has 1 aliphatic carbocycles. The minimum atomic E-state index is -0.745. The first kappa shape index (κ1) is 8.47. The van der Waals surface area contributed by atoms with E-state index in [1.165, 1.54) is 25.7 Å². The monoisotopic (exact) mass is 130 g/mol. The van der Waals surface area contributed by atoms with Gasteiger partial charge in [0, 0.05) is 6.42 Å². The summed E-state index contributed by atoms with van der Waals surface area (Å²) in [5.74, 6) is -0.745. The van der Waals surface area contributed by atoms with Crippen LogP contribution in [0.15, 0.2) is 0 Å². The Bertz CT molecular complexity index is 71.0. The number of aliphatic carboxylic acids is 1. The van der Waals surface area contributed by atoms with Crippen LogP contribution >= 0.6 is 0 Å². The van der Waals surface area contributed by atoms with Crippen molar-refractivity contribution < 1.29 is 9.90 Å². The summed E-state index contributed by atoms with van der Waals surface area (Å²) in [7, 11) is 0. The number of hydrogen-bond acceptors (Lipinski definition) is 1. The normalized spacial score (nSPS) is 14.8. The van der Waals surface area contributed by atoms with E-state index < -0.39 is 5.97 Å². The molecule has 9 heavy (non-hydrogen) atoms. The van der Waals surface area contributed by atoms with Crippen LogP contribution in [-0.2, 0) is 4.79 Å². The summed E-state index contributed by atoms with van der Waals surface area (Å²) in [6, 6.07) is 0. The predicted molar refractivity (Wildman–Crippen MR) is 36.4 cm³/mol. The highest BCUT2D eigenvalue weighted by atomic mass is 16.4. The number of hydrogen-bond donors (Lipinski definition) is 1. The first-order valence-electron chi connectivity index (χ1n) is 3.49. The molecule has 1 rings (SSSR count). The van der Waals surface area contributed by atoms with Crippen molar-refractivity contribution in [2.24, 2.45) is 0 Å². The van der Waals surface area contributed by atoms with Gasteiger partial charge in [-0.2, -0.15) is 0 Å². The van der Waals surface area contributed by atoms with Crippen LogP contribution in [0.25, 0.3) is 0 Å². The van der Waals surface area contributed by atoms with Crippen LogP contribution in [0, 0.1) is 0 Å². The van der Waals surface area contributed by atoms with Crippen LogP contribution in [-0.4, -0.2) is 11.1 Å². The lowest BCUT2D eigenvalue weighted by atomic mass is 10.0. The van der Waals surface area contributed by atoms with Crippen molar-refractivity contribution in [3.05, 3.63) is 0 Å². The third-order valence-electron chi connectivity index (χ3n) is 1.30. The lowest BCUT2D eigenvalue weighted by Gasteiger charge is -2.05. The Morgan fingerprint density at radius 1 is 1.33 bits per heavy atom. The minimum absolute atomic E-state index is 0.222. The van der Waals surface area contributed by atoms with Crippen LogP contribution in [0.5, 0.6) is 0 Å². The van der Waals surface area contributed by atoms with E-state index in [1.54, 1.807) is 6.92 Å². The summed E-state index contributed by atoms with van der Waals surface area (Å²) < 4.78 is 0. The van der Waals surface area contributed by atoms with Gasteiger partial charge in [-0.05, 0) is 0 Å². The zero-order chi connectivity index (χ0) is 7.11. The van der Waals surface area contributed by atoms with Crippen molar-refractivity contribution >= 4 is 5.97 Å². The standard InChI is InChI=1S/C4H8.C3H6O2/c1-2-4-3-1;1-2-3(4)5/h1-4H2;2H2,1H3,(H,4,5). The number of rotatable bonds is 1. The topological polar surface area (TPSA) is 37.3 Å². The SMILES string of the molecule is C1CCC1.CCC(=O)O. The van der Waals surface area contributed by atoms with E-state index >= 15 is 0 Å². The van der Waals surface area contributed by atoms with Gasteiger partial charge in [0.2, 0.25) is 0 Å². The smallest absolute Gasteiger partial charge is 0.303 e. The van der Waals surface area contributed by atoms with E-state index in [2.05, 4.69) is 0 Å². The number of carboxylic acids is 1. The van der Waals surface area contributed by atoms with Crippen LogP contribution in [0.1, 0.15) is 39.0 Å². The summed E-state index contributed by atoms with van der Waals surface area (Å²) >= 11 is 0. The van der Waals surface area contributed by atoms with Gasteiger partial charge in [0.25, 0.3) is 0 Å². The fourth-order valence-electron chi connectivity index (χ4n) is 0.250. The number of carbonyl (C=O) groups is 1. The molecule has 54 valence electrons. The second kappa shape index (κ2) is 5.60. The molecule has 0 aromatic heterocycles. The molecule has 0 unspecified atom stereocenters. The van der Waals surface area contributed by atoms with Crippen molar-refractivity contribution in [3.63, 3.8) is 0 Å². The van der Waals surface area contributed by atoms with Gasteiger partial charge in [0.05, 0.1) is 0 Å². The van der Waals surface area contributed by atoms with E-state index in [4.69, 9.17) is 5.11 Å². The highest BCUT2D eigenvalue weighted by Gasteiger charge is 1.95. The molecular formula is C7H14O2. The zero-order valence-electron chi connectivity index (χ0n) is 5.89. The Hall–Kier alpha value is -0.530. The molecule has 1 saturated carbocycles. The fraction of sp³-hybridized carbons (Fsp3) is 0.857. The molecule has 0 bridgehead atoms. The summed E-state index contributed by atoms with van der Waals surface area (Å²) in [4.78, 5) is 9.37. The maximum atomic E-state index is 9.37. The predicted octanol–water partition coefficient (Wildman–Crippen LogP) is 2.04. The molecule has 1 fully saturated rings. The molecule has 0 aliphatic heterocycles. The van der Waals surface area contributed by atoms with Gasteiger partial charge in [0.15, 0.2) is 0 Å². The fourth-order valence-corrected chi connectivity index (χ4v) is 0.250. The highest BCUT2D eigenvalue weighted by molar-refractivity contribution is 5.66. The minimum Gasteiger partial charge on any atom is -0.481 e. The van der Waals surface area contributed by atoms with Gasteiger partial charge in [0.1, 0.15) is 0 Å². The van der Waals surface area contributed by atoms with Crippen LogP contribution < -0.4 is 0 Å². The van der Waals surface area contributed by atoms with Gasteiger partial charge < -0.3 is 5.11 Å². The summed E-state index contributed by atoms with van der Waals surface area (Å²) in [5, 5.41) is 7.72. The van der Waals surface area contributed by atoms with Crippen molar-refractivity contribution in [2.75, 3.05) is 0 Å². The third kappa shape index (κ3) is 7.47. The van der Waals surface area contributed by atoms with Crippen LogP contribution in [0.2, 0.25) is 0 Å². The van der Waals surface area contributed by atoms with Crippen molar-refractivity contribution in [3.8, 4) is 0 Å². The maximum Gasteiger partial charge on any atom is 0.303 e. The first-order valence-corrected chi connectivity index (χ1v) is 3.49. The molecule has 2 nitrogen and oxygen atoms in total. The summed E-state index contributed by atoms with van der Waals surface area (Å²) in [5.41, 5.74) is 0. The second-order valence-corrected chi connectivity index (χ2v) is 2.16. The summed E-state index contributed by atoms with van der Waals surface area (Å²) in [6.45, 7) is 1.60. The molecule has 0 atom stereocenters. The maximum absolute atomic E-state index is 9.37. The lowest BCUT2D eigenvalue weighted by Crippen LogP contribution is -1.86. The molecule has 0 amide bonds. The molecular weight excluding hydrogens is 116 g/mol. The van der Waals surface area contributed by atoms with E-state index in [0.29, 0.717) is 0 Å². The molecule has 0 aromatic carbocycles.